The first-order valence-electron chi connectivity index (χ1n) is 6.62. The van der Waals surface area contributed by atoms with Crippen LogP contribution in [0.3, 0.4) is 0 Å². The Hall–Kier alpha value is -0.871. The monoisotopic (exact) mass is 428 g/mol. The standard InChI is InChI=1S/C12H20O13.Fe/c13-1-3(15)5(17)7(19)8(20)10(22)12(25,11(23)24)9(21)6(18)4(16)2-14;/h3-6,9,13-21,25H,1-2H2,(H,23,24);/q-2;+2. The zero-order valence-corrected chi connectivity index (χ0v) is 14.0. The maximum atomic E-state index is 12.0. The van der Waals surface area contributed by atoms with Crippen LogP contribution >= 0.6 is 0 Å². The number of aliphatic hydroxyl groups is 10. The Morgan fingerprint density at radius 3 is 1.69 bits per heavy atom. The number of rotatable bonds is 11. The molecule has 11 N–H and O–H groups in total. The van der Waals surface area contributed by atoms with E-state index < -0.39 is 73.3 Å². The SMILES string of the molecule is O=C(O)C(O)(C(=O)[C-](O)[C-](O)C(O)C(O)CO)C(O)C(O)C(O)CO.[Fe+2]. The van der Waals surface area contributed by atoms with Gasteiger partial charge in [0.2, 0.25) is 5.60 Å². The minimum Gasteiger partial charge on any atom is -0.588 e. The third-order valence-electron chi connectivity index (χ3n) is 3.29. The quantitative estimate of drug-likeness (QED) is 0.0833. The molecule has 0 aliphatic carbocycles. The van der Waals surface area contributed by atoms with E-state index in [1.807, 2.05) is 0 Å². The van der Waals surface area contributed by atoms with Crippen LogP contribution < -0.4 is 0 Å². The van der Waals surface area contributed by atoms with Crippen molar-refractivity contribution in [2.45, 2.75) is 36.1 Å². The Morgan fingerprint density at radius 2 is 1.35 bits per heavy atom. The second-order valence-electron chi connectivity index (χ2n) is 5.01. The first-order chi connectivity index (χ1) is 11.4. The maximum Gasteiger partial charge on any atom is 2.00 e. The number of aliphatic carboxylic acids is 1. The first-order valence-corrected chi connectivity index (χ1v) is 6.62. The normalized spacial score (nSPS) is 19.5. The molecule has 154 valence electrons. The number of Topliss-reactive ketones (excluding diaryl/α,β-unsaturated/α-hetero) is 1. The number of carboxylic acids is 1. The predicted octanol–water partition coefficient (Wildman–Crippen LogP) is -6.03. The molecule has 26 heavy (non-hydrogen) atoms. The van der Waals surface area contributed by atoms with Crippen molar-refractivity contribution in [3.8, 4) is 0 Å². The zero-order valence-electron chi connectivity index (χ0n) is 12.9. The third-order valence-corrected chi connectivity index (χ3v) is 3.29. The Bertz CT molecular complexity index is 462. The van der Waals surface area contributed by atoms with Gasteiger partial charge in [-0.3, -0.25) is 6.10 Å². The molecule has 0 amide bonds. The molecule has 0 radical (unpaired) electrons. The summed E-state index contributed by atoms with van der Waals surface area (Å²) in [7, 11) is 0. The van der Waals surface area contributed by atoms with Crippen molar-refractivity contribution in [3.05, 3.63) is 12.2 Å². The number of ketones is 1. The van der Waals surface area contributed by atoms with E-state index in [4.69, 9.17) is 25.5 Å². The molecule has 0 aromatic rings. The number of hydrogen-bond acceptors (Lipinski definition) is 12. The summed E-state index contributed by atoms with van der Waals surface area (Å²) in [6, 6.07) is 0. The minimum absolute atomic E-state index is 0. The third kappa shape index (κ3) is 5.56. The van der Waals surface area contributed by atoms with Crippen molar-refractivity contribution in [1.29, 1.82) is 0 Å². The van der Waals surface area contributed by atoms with Gasteiger partial charge in [-0.05, 0) is 6.10 Å². The number of carboxylic acid groups (broad SMARTS) is 1. The number of hydrogen-bond donors (Lipinski definition) is 11. The second kappa shape index (κ2) is 11.1. The van der Waals surface area contributed by atoms with Crippen LogP contribution in [-0.2, 0) is 26.7 Å². The van der Waals surface area contributed by atoms with Crippen molar-refractivity contribution >= 4 is 11.8 Å². The van der Waals surface area contributed by atoms with Crippen LogP contribution in [0, 0.1) is 12.2 Å². The van der Waals surface area contributed by atoms with Gasteiger partial charge in [0.1, 0.15) is 18.3 Å². The van der Waals surface area contributed by atoms with Crippen LogP contribution in [-0.4, -0.2) is 117 Å². The smallest absolute Gasteiger partial charge is 0.588 e. The molecular weight excluding hydrogens is 408 g/mol. The molecule has 0 saturated heterocycles. The summed E-state index contributed by atoms with van der Waals surface area (Å²) in [6.07, 6.45) is -16.1. The van der Waals surface area contributed by atoms with Crippen molar-refractivity contribution < 1.29 is 82.8 Å². The molecular formula is C12H20FeO13. The largest absolute Gasteiger partial charge is 2.00 e. The molecule has 0 spiro atoms. The zero-order chi connectivity index (χ0) is 20.1. The summed E-state index contributed by atoms with van der Waals surface area (Å²) in [6.45, 7) is -2.34. The first kappa shape index (κ1) is 27.3. The molecule has 0 saturated carbocycles. The molecule has 0 aromatic carbocycles. The van der Waals surface area contributed by atoms with Gasteiger partial charge in [0.25, 0.3) is 0 Å². The fourth-order valence-corrected chi connectivity index (χ4v) is 1.64. The summed E-state index contributed by atoms with van der Waals surface area (Å²) < 4.78 is 0. The molecule has 13 nitrogen and oxygen atoms in total. The van der Waals surface area contributed by atoms with Crippen LogP contribution in [0.1, 0.15) is 0 Å². The van der Waals surface area contributed by atoms with Crippen LogP contribution in [0.25, 0.3) is 0 Å². The number of carbonyl (C=O) groups is 2. The molecule has 0 heterocycles. The van der Waals surface area contributed by atoms with Gasteiger partial charge in [0, 0.05) is 5.78 Å². The minimum atomic E-state index is -4.02. The van der Waals surface area contributed by atoms with E-state index in [-0.39, 0.29) is 17.1 Å². The Kier molecular flexibility index (Phi) is 11.7. The molecule has 14 heteroatoms. The molecule has 6 unspecified atom stereocenters. The van der Waals surface area contributed by atoms with Crippen LogP contribution in [0.15, 0.2) is 0 Å². The van der Waals surface area contributed by atoms with E-state index in [9.17, 15) is 40.2 Å². The Balaban J connectivity index is 0. The fourth-order valence-electron chi connectivity index (χ4n) is 1.64. The fraction of sp³-hybridized carbons (Fsp3) is 0.667. The van der Waals surface area contributed by atoms with Gasteiger partial charge in [-0.15, -0.1) is 0 Å². The van der Waals surface area contributed by atoms with Crippen molar-refractivity contribution in [3.63, 3.8) is 0 Å². The van der Waals surface area contributed by atoms with Crippen molar-refractivity contribution in [1.82, 2.24) is 0 Å². The number of aliphatic hydroxyl groups excluding tert-OH is 9. The van der Waals surface area contributed by atoms with Gasteiger partial charge in [-0.25, -0.2) is 4.79 Å². The summed E-state index contributed by atoms with van der Waals surface area (Å²) in [4.78, 5) is 23.1. The van der Waals surface area contributed by atoms with Gasteiger partial charge in [0.05, 0.1) is 19.3 Å². The summed E-state index contributed by atoms with van der Waals surface area (Å²) in [5, 5.41) is 102. The Morgan fingerprint density at radius 1 is 0.923 bits per heavy atom. The molecule has 6 atom stereocenters. The average Bonchev–Trinajstić information content (AvgIpc) is 2.61. The van der Waals surface area contributed by atoms with Gasteiger partial charge in [0.15, 0.2) is 0 Å². The maximum absolute atomic E-state index is 12.0. The van der Waals surface area contributed by atoms with Gasteiger partial charge < -0.3 is 67.1 Å². The molecule has 0 aromatic heterocycles. The van der Waals surface area contributed by atoms with E-state index in [2.05, 4.69) is 0 Å². The van der Waals surface area contributed by atoms with Crippen LogP contribution in [0.2, 0.25) is 0 Å². The topological polar surface area (TPSA) is 257 Å². The van der Waals surface area contributed by atoms with E-state index in [1.54, 1.807) is 0 Å². The molecule has 0 bridgehead atoms. The van der Waals surface area contributed by atoms with Gasteiger partial charge in [-0.2, -0.15) is 0 Å². The molecule has 0 rings (SSSR count). The molecule has 0 aliphatic rings. The van der Waals surface area contributed by atoms with E-state index in [1.165, 1.54) is 0 Å². The summed E-state index contributed by atoms with van der Waals surface area (Å²) in [5.74, 6) is -4.84. The predicted molar refractivity (Wildman–Crippen MR) is 72.2 cm³/mol. The molecule has 0 aliphatic heterocycles. The van der Waals surface area contributed by atoms with Gasteiger partial charge in [-0.1, -0.05) is 0 Å². The van der Waals surface area contributed by atoms with Crippen molar-refractivity contribution in [2.24, 2.45) is 0 Å². The average molecular weight is 428 g/mol. The Labute approximate surface area is 156 Å². The van der Waals surface area contributed by atoms with E-state index in [0.717, 1.165) is 0 Å². The van der Waals surface area contributed by atoms with E-state index >= 15 is 0 Å². The van der Waals surface area contributed by atoms with Gasteiger partial charge >= 0.3 is 23.0 Å². The summed E-state index contributed by atoms with van der Waals surface area (Å²) in [5.41, 5.74) is -4.02. The van der Waals surface area contributed by atoms with Crippen molar-refractivity contribution in [2.75, 3.05) is 13.2 Å². The summed E-state index contributed by atoms with van der Waals surface area (Å²) >= 11 is 0. The van der Waals surface area contributed by atoms with Crippen LogP contribution in [0.5, 0.6) is 0 Å². The van der Waals surface area contributed by atoms with E-state index in [0.29, 0.717) is 0 Å². The second-order valence-corrected chi connectivity index (χ2v) is 5.01. The molecule has 0 fully saturated rings. The number of carbonyl (C=O) groups excluding carboxylic acids is 1. The van der Waals surface area contributed by atoms with Crippen LogP contribution in [0.4, 0.5) is 0 Å².